The predicted molar refractivity (Wildman–Crippen MR) is 67.6 cm³/mol. The molecule has 6 nitrogen and oxygen atoms in total. The molecular formula is C11H8ClF3N6. The molecule has 0 N–H and O–H groups in total. The molecular weight excluding hydrogens is 309 g/mol. The van der Waals surface area contributed by atoms with Gasteiger partial charge in [-0.25, -0.2) is 9.97 Å². The van der Waals surface area contributed by atoms with Crippen molar-refractivity contribution in [3.8, 4) is 0 Å². The van der Waals surface area contributed by atoms with Gasteiger partial charge >= 0.3 is 6.18 Å². The van der Waals surface area contributed by atoms with Crippen LogP contribution in [0.2, 0.25) is 5.15 Å². The Labute approximate surface area is 121 Å². The molecule has 21 heavy (non-hydrogen) atoms. The Balaban J connectivity index is 1.94. The van der Waals surface area contributed by atoms with E-state index in [1.165, 1.54) is 10.9 Å². The van der Waals surface area contributed by atoms with Gasteiger partial charge in [-0.15, -0.1) is 0 Å². The zero-order valence-electron chi connectivity index (χ0n) is 10.6. The summed E-state index contributed by atoms with van der Waals surface area (Å²) in [4.78, 5) is 8.27. The van der Waals surface area contributed by atoms with Crippen LogP contribution in [0, 0.1) is 0 Å². The summed E-state index contributed by atoms with van der Waals surface area (Å²) < 4.78 is 40.1. The zero-order chi connectivity index (χ0) is 15.2. The topological polar surface area (TPSA) is 61.4 Å². The maximum Gasteiger partial charge on any atom is 0.419 e. The second kappa shape index (κ2) is 4.69. The van der Waals surface area contributed by atoms with Gasteiger partial charge in [0.15, 0.2) is 11.5 Å². The van der Waals surface area contributed by atoms with Gasteiger partial charge in [0, 0.05) is 13.2 Å². The largest absolute Gasteiger partial charge is 0.419 e. The summed E-state index contributed by atoms with van der Waals surface area (Å²) >= 11 is 6.01. The minimum atomic E-state index is -4.43. The van der Waals surface area contributed by atoms with Crippen LogP contribution in [0.3, 0.4) is 0 Å². The first-order valence-corrected chi connectivity index (χ1v) is 6.16. The van der Waals surface area contributed by atoms with E-state index in [9.17, 15) is 13.2 Å². The second-order valence-corrected chi connectivity index (χ2v) is 4.72. The van der Waals surface area contributed by atoms with E-state index >= 15 is 0 Å². The van der Waals surface area contributed by atoms with Crippen LogP contribution in [-0.4, -0.2) is 29.5 Å². The van der Waals surface area contributed by atoms with Crippen LogP contribution in [0.15, 0.2) is 18.6 Å². The van der Waals surface area contributed by atoms with Gasteiger partial charge in [-0.1, -0.05) is 11.6 Å². The molecule has 3 rings (SSSR count). The number of hydrogen-bond donors (Lipinski definition) is 0. The number of halogens is 4. The van der Waals surface area contributed by atoms with Crippen LogP contribution in [0.1, 0.15) is 11.4 Å². The fourth-order valence-corrected chi connectivity index (χ4v) is 2.07. The highest BCUT2D eigenvalue weighted by molar-refractivity contribution is 6.33. The summed E-state index contributed by atoms with van der Waals surface area (Å²) in [7, 11) is 1.69. The molecule has 0 aliphatic rings. The third-order valence-corrected chi connectivity index (χ3v) is 3.14. The second-order valence-electron chi connectivity index (χ2n) is 4.36. The molecule has 3 heterocycles. The number of aryl methyl sites for hydroxylation is 1. The molecule has 0 bridgehead atoms. The molecule has 3 aromatic rings. The Morgan fingerprint density at radius 2 is 1.95 bits per heavy atom. The van der Waals surface area contributed by atoms with Crippen molar-refractivity contribution < 1.29 is 13.2 Å². The first-order chi connectivity index (χ1) is 9.84. The fraction of sp³-hybridized carbons (Fsp3) is 0.273. The molecule has 0 radical (unpaired) electrons. The van der Waals surface area contributed by atoms with E-state index in [0.29, 0.717) is 11.0 Å². The molecule has 0 unspecified atom stereocenters. The summed E-state index contributed by atoms with van der Waals surface area (Å²) in [5.41, 5.74) is -0.316. The lowest BCUT2D eigenvalue weighted by Crippen LogP contribution is -2.07. The van der Waals surface area contributed by atoms with Gasteiger partial charge in [0.05, 0.1) is 23.3 Å². The van der Waals surface area contributed by atoms with E-state index in [-0.39, 0.29) is 17.5 Å². The van der Waals surface area contributed by atoms with Crippen molar-refractivity contribution >= 4 is 22.6 Å². The van der Waals surface area contributed by atoms with Crippen LogP contribution in [0.5, 0.6) is 0 Å². The summed E-state index contributed by atoms with van der Waals surface area (Å²) in [6.45, 7) is -0.0169. The number of aromatic nitrogens is 6. The molecule has 0 amide bonds. The number of hydrogen-bond acceptors (Lipinski definition) is 4. The van der Waals surface area contributed by atoms with E-state index in [1.807, 2.05) is 0 Å². The number of nitrogens with zero attached hydrogens (tertiary/aromatic N) is 6. The molecule has 10 heteroatoms. The molecule has 0 aromatic carbocycles. The van der Waals surface area contributed by atoms with E-state index in [4.69, 9.17) is 11.6 Å². The average Bonchev–Trinajstić information content (AvgIpc) is 2.97. The van der Waals surface area contributed by atoms with Gasteiger partial charge in [-0.05, 0) is 0 Å². The maximum absolute atomic E-state index is 12.5. The predicted octanol–water partition coefficient (Wildman–Crippen LogP) is 2.28. The highest BCUT2D eigenvalue weighted by Gasteiger charge is 2.32. The van der Waals surface area contributed by atoms with Gasteiger partial charge in [0.25, 0.3) is 0 Å². The van der Waals surface area contributed by atoms with Crippen LogP contribution < -0.4 is 0 Å². The first kappa shape index (κ1) is 13.8. The van der Waals surface area contributed by atoms with Gasteiger partial charge in [-0.3, -0.25) is 9.36 Å². The number of rotatable bonds is 2. The van der Waals surface area contributed by atoms with E-state index in [0.717, 1.165) is 17.1 Å². The Hall–Kier alpha value is -2.16. The van der Waals surface area contributed by atoms with Crippen molar-refractivity contribution in [2.45, 2.75) is 12.7 Å². The molecule has 3 aromatic heterocycles. The van der Waals surface area contributed by atoms with Crippen LogP contribution in [0.25, 0.3) is 11.0 Å². The molecule has 0 aliphatic heterocycles. The van der Waals surface area contributed by atoms with E-state index in [2.05, 4.69) is 20.2 Å². The van der Waals surface area contributed by atoms with Crippen molar-refractivity contribution in [3.63, 3.8) is 0 Å². The highest BCUT2D eigenvalue weighted by Crippen LogP contribution is 2.28. The third kappa shape index (κ3) is 2.56. The first-order valence-electron chi connectivity index (χ1n) is 5.78. The number of fused-ring (bicyclic) bond motifs is 1. The summed E-state index contributed by atoms with van der Waals surface area (Å²) in [5.74, 6) is 0.257. The molecule has 0 saturated heterocycles. The van der Waals surface area contributed by atoms with Crippen molar-refractivity contribution in [1.82, 2.24) is 29.5 Å². The lowest BCUT2D eigenvalue weighted by atomic mass is 10.3. The summed E-state index contributed by atoms with van der Waals surface area (Å²) in [6, 6.07) is 0. The molecule has 0 aliphatic carbocycles. The van der Waals surface area contributed by atoms with Crippen LogP contribution in [0.4, 0.5) is 13.2 Å². The minimum absolute atomic E-state index is 0.0169. The Morgan fingerprint density at radius 3 is 2.62 bits per heavy atom. The minimum Gasteiger partial charge on any atom is -0.264 e. The molecule has 0 saturated carbocycles. The number of alkyl halides is 3. The zero-order valence-corrected chi connectivity index (χ0v) is 11.4. The quantitative estimate of drug-likeness (QED) is 0.681. The van der Waals surface area contributed by atoms with Crippen LogP contribution >= 0.6 is 11.6 Å². The van der Waals surface area contributed by atoms with Crippen molar-refractivity contribution in [2.24, 2.45) is 7.05 Å². The SMILES string of the molecule is Cn1ncc2c(Cl)nc(Cn3cc(C(F)(F)F)cn3)nc21. The standard InChI is InChI=1S/C11H8ClF3N6/c1-20-10-7(3-16-20)9(12)18-8(19-10)5-21-4-6(2-17-21)11(13,14)15/h2-4H,5H2,1H3. The lowest BCUT2D eigenvalue weighted by molar-refractivity contribution is -0.137. The Morgan fingerprint density at radius 1 is 1.19 bits per heavy atom. The molecule has 110 valence electrons. The van der Waals surface area contributed by atoms with Crippen LogP contribution in [-0.2, 0) is 19.8 Å². The van der Waals surface area contributed by atoms with Crippen molar-refractivity contribution in [3.05, 3.63) is 35.1 Å². The summed E-state index contributed by atoms with van der Waals surface area (Å²) in [5, 5.41) is 8.43. The maximum atomic E-state index is 12.5. The Bertz CT molecular complexity index is 806. The van der Waals surface area contributed by atoms with Crippen molar-refractivity contribution in [1.29, 1.82) is 0 Å². The molecule has 0 fully saturated rings. The van der Waals surface area contributed by atoms with Crippen molar-refractivity contribution in [2.75, 3.05) is 0 Å². The van der Waals surface area contributed by atoms with Gasteiger partial charge in [-0.2, -0.15) is 23.4 Å². The van der Waals surface area contributed by atoms with Gasteiger partial charge < -0.3 is 0 Å². The molecule has 0 atom stereocenters. The lowest BCUT2D eigenvalue weighted by Gasteiger charge is -2.03. The normalized spacial score (nSPS) is 12.2. The van der Waals surface area contributed by atoms with Gasteiger partial charge in [0.2, 0.25) is 0 Å². The van der Waals surface area contributed by atoms with E-state index in [1.54, 1.807) is 7.05 Å². The third-order valence-electron chi connectivity index (χ3n) is 2.86. The summed E-state index contributed by atoms with van der Waals surface area (Å²) in [6.07, 6.45) is -1.26. The fourth-order valence-electron chi connectivity index (χ4n) is 1.84. The molecule has 0 spiro atoms. The van der Waals surface area contributed by atoms with Gasteiger partial charge in [0.1, 0.15) is 11.7 Å². The highest BCUT2D eigenvalue weighted by atomic mass is 35.5. The Kier molecular flexibility index (Phi) is 3.08. The monoisotopic (exact) mass is 316 g/mol. The average molecular weight is 317 g/mol. The van der Waals surface area contributed by atoms with E-state index < -0.39 is 11.7 Å². The smallest absolute Gasteiger partial charge is 0.264 e.